The minimum Gasteiger partial charge on any atom is -0.497 e. The normalized spacial score (nSPS) is 14.1. The van der Waals surface area contributed by atoms with Gasteiger partial charge in [0.05, 0.1) is 38.3 Å². The number of hydrazone groups is 1. The van der Waals surface area contributed by atoms with Gasteiger partial charge in [-0.05, 0) is 71.8 Å². The molecular weight excluding hydrogens is 600 g/mol. The highest BCUT2D eigenvalue weighted by atomic mass is 32.2. The number of carbonyl (C=O) groups excluding carboxylic acids is 2. The molecule has 0 fully saturated rings. The van der Waals surface area contributed by atoms with Gasteiger partial charge in [0.2, 0.25) is 0 Å². The second kappa shape index (κ2) is 14.1. The van der Waals surface area contributed by atoms with E-state index in [0.717, 1.165) is 34.0 Å². The third-order valence-electron chi connectivity index (χ3n) is 7.57. The first-order valence-electron chi connectivity index (χ1n) is 14.7. The van der Waals surface area contributed by atoms with E-state index in [-0.39, 0.29) is 30.2 Å². The van der Waals surface area contributed by atoms with E-state index in [0.29, 0.717) is 23.0 Å². The van der Waals surface area contributed by atoms with Crippen molar-refractivity contribution in [2.75, 3.05) is 20.0 Å². The molecule has 0 saturated carbocycles. The summed E-state index contributed by atoms with van der Waals surface area (Å²) in [6, 6.07) is 33.7. The van der Waals surface area contributed by atoms with E-state index in [2.05, 4.69) is 15.5 Å². The number of rotatable bonds is 11. The van der Waals surface area contributed by atoms with E-state index in [9.17, 15) is 9.59 Å². The number of para-hydroxylation sites is 1. The van der Waals surface area contributed by atoms with Crippen LogP contribution in [-0.4, -0.2) is 57.3 Å². The van der Waals surface area contributed by atoms with E-state index in [1.54, 1.807) is 31.4 Å². The molecule has 1 unspecified atom stereocenters. The molecule has 1 aliphatic heterocycles. The monoisotopic (exact) mass is 632 g/mol. The van der Waals surface area contributed by atoms with Crippen LogP contribution in [0.4, 0.5) is 0 Å². The average Bonchev–Trinajstić information content (AvgIpc) is 3.75. The van der Waals surface area contributed by atoms with Gasteiger partial charge in [-0.15, -0.1) is 10.2 Å². The molecule has 0 radical (unpaired) electrons. The zero-order valence-electron chi connectivity index (χ0n) is 25.4. The van der Waals surface area contributed by atoms with Crippen molar-refractivity contribution in [2.45, 2.75) is 24.2 Å². The van der Waals surface area contributed by atoms with E-state index in [1.165, 1.54) is 11.8 Å². The first-order valence-corrected chi connectivity index (χ1v) is 15.7. The Bertz CT molecular complexity index is 1830. The summed E-state index contributed by atoms with van der Waals surface area (Å²) in [4.78, 5) is 26.6. The zero-order chi connectivity index (χ0) is 31.9. The molecule has 4 aromatic carbocycles. The van der Waals surface area contributed by atoms with Crippen molar-refractivity contribution in [3.05, 3.63) is 132 Å². The summed E-state index contributed by atoms with van der Waals surface area (Å²) in [6.07, 6.45) is 0.556. The van der Waals surface area contributed by atoms with Crippen molar-refractivity contribution in [3.63, 3.8) is 0 Å². The number of amides is 2. The van der Waals surface area contributed by atoms with Gasteiger partial charge in [0, 0.05) is 17.7 Å². The Morgan fingerprint density at radius 2 is 1.46 bits per heavy atom. The molecule has 0 aliphatic carbocycles. The van der Waals surface area contributed by atoms with Crippen molar-refractivity contribution in [3.8, 4) is 17.2 Å². The van der Waals surface area contributed by atoms with Crippen LogP contribution >= 0.6 is 11.8 Å². The summed E-state index contributed by atoms with van der Waals surface area (Å²) < 4.78 is 12.5. The first-order chi connectivity index (χ1) is 22.5. The number of nitrogens with one attached hydrogen (secondary N) is 1. The number of nitrogens with zero attached hydrogens (tertiary/aromatic N) is 5. The van der Waals surface area contributed by atoms with Crippen LogP contribution in [0.3, 0.4) is 0 Å². The maximum atomic E-state index is 13.9. The Morgan fingerprint density at radius 1 is 0.826 bits per heavy atom. The maximum absolute atomic E-state index is 13.9. The highest BCUT2D eigenvalue weighted by molar-refractivity contribution is 7.99. The lowest BCUT2D eigenvalue weighted by Gasteiger charge is -2.22. The smallest absolute Gasteiger partial charge is 0.253 e. The molecule has 1 atom stereocenters. The zero-order valence-corrected chi connectivity index (χ0v) is 26.2. The van der Waals surface area contributed by atoms with Crippen molar-refractivity contribution in [2.24, 2.45) is 5.10 Å². The molecule has 5 aromatic rings. The number of thioether (sulfide) groups is 1. The van der Waals surface area contributed by atoms with E-state index in [4.69, 9.17) is 14.6 Å². The van der Waals surface area contributed by atoms with Crippen LogP contribution in [0.2, 0.25) is 0 Å². The highest BCUT2D eigenvalue weighted by Crippen LogP contribution is 2.35. The fourth-order valence-corrected chi connectivity index (χ4v) is 6.00. The standard InChI is InChI=1S/C35H32N6O4S/c1-44-28-17-13-24(14-18-28)30-21-31(25-15-19-29(45-2)20-16-25)41(39-30)33(42)23-46-35-38-37-32(40(35)27-11-7-4-8-12-27)22-36-34(43)26-9-5-3-6-10-26/h3-20,31H,21-23H2,1-2H3,(H,36,43). The Morgan fingerprint density at radius 3 is 2.11 bits per heavy atom. The Labute approximate surface area is 271 Å². The van der Waals surface area contributed by atoms with Gasteiger partial charge in [0.1, 0.15) is 11.5 Å². The summed E-state index contributed by atoms with van der Waals surface area (Å²) >= 11 is 1.27. The molecule has 1 N–H and O–H groups in total. The van der Waals surface area contributed by atoms with Crippen LogP contribution in [0.1, 0.15) is 39.8 Å². The molecule has 11 heteroatoms. The molecule has 1 aromatic heterocycles. The third-order valence-corrected chi connectivity index (χ3v) is 8.49. The summed E-state index contributed by atoms with van der Waals surface area (Å²) in [6.45, 7) is 0.158. The molecule has 232 valence electrons. The summed E-state index contributed by atoms with van der Waals surface area (Å²) in [7, 11) is 3.25. The van der Waals surface area contributed by atoms with Crippen molar-refractivity contribution in [1.82, 2.24) is 25.1 Å². The van der Waals surface area contributed by atoms with Gasteiger partial charge in [-0.2, -0.15) is 5.10 Å². The molecule has 2 amide bonds. The Kier molecular flexibility index (Phi) is 9.40. The molecule has 0 spiro atoms. The first kappa shape index (κ1) is 30.6. The lowest BCUT2D eigenvalue weighted by atomic mass is 9.98. The quantitative estimate of drug-likeness (QED) is 0.187. The predicted molar refractivity (Wildman–Crippen MR) is 176 cm³/mol. The van der Waals surface area contributed by atoms with E-state index < -0.39 is 0 Å². The van der Waals surface area contributed by atoms with Gasteiger partial charge in [0.15, 0.2) is 11.0 Å². The molecule has 6 rings (SSSR count). The fraction of sp³-hybridized carbons (Fsp3) is 0.171. The molecule has 1 aliphatic rings. The summed E-state index contributed by atoms with van der Waals surface area (Å²) in [5, 5.41) is 18.6. The number of carbonyl (C=O) groups is 2. The Balaban J connectivity index is 1.23. The molecule has 10 nitrogen and oxygen atoms in total. The molecular formula is C35H32N6O4S. The van der Waals surface area contributed by atoms with Crippen molar-refractivity contribution < 1.29 is 19.1 Å². The summed E-state index contributed by atoms with van der Waals surface area (Å²) in [5.41, 5.74) is 4.07. The topological polar surface area (TPSA) is 111 Å². The van der Waals surface area contributed by atoms with Crippen molar-refractivity contribution >= 4 is 29.3 Å². The van der Waals surface area contributed by atoms with Gasteiger partial charge >= 0.3 is 0 Å². The SMILES string of the molecule is COc1ccc(C2=NN(C(=O)CSc3nnc(CNC(=O)c4ccccc4)n3-c3ccccc3)C(c3ccc(OC)cc3)C2)cc1. The number of hydrogen-bond donors (Lipinski definition) is 1. The van der Waals surface area contributed by atoms with Crippen LogP contribution in [0.25, 0.3) is 5.69 Å². The largest absolute Gasteiger partial charge is 0.497 e. The minimum absolute atomic E-state index is 0.0768. The second-order valence-corrected chi connectivity index (χ2v) is 11.4. The summed E-state index contributed by atoms with van der Waals surface area (Å²) in [5.74, 6) is 1.73. The average molecular weight is 633 g/mol. The Hall–Kier alpha value is -5.42. The molecule has 0 bridgehead atoms. The molecule has 0 saturated heterocycles. The number of aromatic nitrogens is 3. The van der Waals surface area contributed by atoms with Crippen LogP contribution < -0.4 is 14.8 Å². The number of hydrogen-bond acceptors (Lipinski definition) is 8. The fourth-order valence-electron chi connectivity index (χ4n) is 5.17. The number of ether oxygens (including phenoxy) is 2. The van der Waals surface area contributed by atoms with Gasteiger partial charge in [-0.1, -0.05) is 60.3 Å². The van der Waals surface area contributed by atoms with E-state index in [1.807, 2.05) is 102 Å². The molecule has 46 heavy (non-hydrogen) atoms. The number of methoxy groups -OCH3 is 2. The number of benzene rings is 4. The van der Waals surface area contributed by atoms with Crippen LogP contribution in [0.5, 0.6) is 11.5 Å². The van der Waals surface area contributed by atoms with Crippen LogP contribution in [0, 0.1) is 0 Å². The highest BCUT2D eigenvalue weighted by Gasteiger charge is 2.33. The van der Waals surface area contributed by atoms with Gasteiger partial charge < -0.3 is 14.8 Å². The maximum Gasteiger partial charge on any atom is 0.253 e. The lowest BCUT2D eigenvalue weighted by molar-refractivity contribution is -0.130. The van der Waals surface area contributed by atoms with Crippen LogP contribution in [-0.2, 0) is 11.3 Å². The van der Waals surface area contributed by atoms with Gasteiger partial charge in [-0.25, -0.2) is 5.01 Å². The minimum atomic E-state index is -0.285. The van der Waals surface area contributed by atoms with Gasteiger partial charge in [-0.3, -0.25) is 14.2 Å². The van der Waals surface area contributed by atoms with Gasteiger partial charge in [0.25, 0.3) is 11.8 Å². The van der Waals surface area contributed by atoms with E-state index >= 15 is 0 Å². The molecule has 2 heterocycles. The van der Waals surface area contributed by atoms with Crippen LogP contribution in [0.15, 0.2) is 119 Å². The predicted octanol–water partition coefficient (Wildman–Crippen LogP) is 5.68. The lowest BCUT2D eigenvalue weighted by Crippen LogP contribution is -2.28. The van der Waals surface area contributed by atoms with Crippen molar-refractivity contribution in [1.29, 1.82) is 0 Å². The third kappa shape index (κ3) is 6.79. The second-order valence-electron chi connectivity index (χ2n) is 10.4.